The van der Waals surface area contributed by atoms with Gasteiger partial charge in [-0.15, -0.1) is 0 Å². The summed E-state index contributed by atoms with van der Waals surface area (Å²) in [4.78, 5) is 0. The van der Waals surface area contributed by atoms with Crippen LogP contribution in [0.15, 0.2) is 11.8 Å². The van der Waals surface area contributed by atoms with Gasteiger partial charge in [-0.2, -0.15) is 8.78 Å². The SMILES string of the molecule is CC/C=C(\CN(OF)C(F)F)NCCCC. The Balaban J connectivity index is 4.15. The van der Waals surface area contributed by atoms with Gasteiger partial charge >= 0.3 is 6.55 Å². The van der Waals surface area contributed by atoms with E-state index in [2.05, 4.69) is 10.4 Å². The molecule has 0 atom stereocenters. The van der Waals surface area contributed by atoms with E-state index in [4.69, 9.17) is 0 Å². The fraction of sp³-hybridized carbons (Fsp3) is 0.800. The fourth-order valence-electron chi connectivity index (χ4n) is 1.16. The van der Waals surface area contributed by atoms with Crippen LogP contribution < -0.4 is 5.32 Å². The zero-order valence-corrected chi connectivity index (χ0v) is 9.68. The first-order chi connectivity index (χ1) is 7.65. The molecule has 0 saturated carbocycles. The van der Waals surface area contributed by atoms with Gasteiger partial charge in [-0.05, 0) is 17.4 Å². The van der Waals surface area contributed by atoms with E-state index < -0.39 is 6.55 Å². The lowest BCUT2D eigenvalue weighted by molar-refractivity contribution is -0.370. The van der Waals surface area contributed by atoms with E-state index in [1.54, 1.807) is 6.08 Å². The van der Waals surface area contributed by atoms with Gasteiger partial charge in [0.15, 0.2) is 0 Å². The molecule has 0 aliphatic heterocycles. The first kappa shape index (κ1) is 15.2. The average molecular weight is 240 g/mol. The van der Waals surface area contributed by atoms with Gasteiger partial charge in [-0.25, -0.2) is 0 Å². The Morgan fingerprint density at radius 3 is 2.56 bits per heavy atom. The van der Waals surface area contributed by atoms with Crippen LogP contribution in [0.4, 0.5) is 13.3 Å². The van der Waals surface area contributed by atoms with E-state index in [1.807, 2.05) is 13.8 Å². The van der Waals surface area contributed by atoms with Gasteiger partial charge < -0.3 is 5.32 Å². The lowest BCUT2D eigenvalue weighted by atomic mass is 10.3. The number of allylic oxidation sites excluding steroid dienone is 1. The van der Waals surface area contributed by atoms with Crippen molar-refractivity contribution in [3.05, 3.63) is 11.8 Å². The molecule has 0 rings (SSSR count). The Bertz CT molecular complexity index is 201. The van der Waals surface area contributed by atoms with Gasteiger partial charge in [-0.1, -0.05) is 36.4 Å². The van der Waals surface area contributed by atoms with Crippen LogP contribution in [0.5, 0.6) is 0 Å². The molecule has 0 aliphatic rings. The zero-order valence-electron chi connectivity index (χ0n) is 9.68. The third-order valence-corrected chi connectivity index (χ3v) is 1.97. The quantitative estimate of drug-likeness (QED) is 0.381. The average Bonchev–Trinajstić information content (AvgIpc) is 2.25. The molecular formula is C10H19F3N2O. The fourth-order valence-corrected chi connectivity index (χ4v) is 1.16. The highest BCUT2D eigenvalue weighted by atomic mass is 19.3. The maximum Gasteiger partial charge on any atom is 0.318 e. The predicted molar refractivity (Wildman–Crippen MR) is 56.2 cm³/mol. The largest absolute Gasteiger partial charge is 0.387 e. The van der Waals surface area contributed by atoms with Gasteiger partial charge in [0.25, 0.3) is 0 Å². The molecule has 0 heterocycles. The molecule has 0 saturated heterocycles. The summed E-state index contributed by atoms with van der Waals surface area (Å²) in [6.45, 7) is 1.33. The minimum atomic E-state index is -2.97. The maximum atomic E-state index is 12.2. The minimum absolute atomic E-state index is 0.0135. The second-order valence-electron chi connectivity index (χ2n) is 3.34. The predicted octanol–water partition coefficient (Wildman–Crippen LogP) is 3.01. The third-order valence-electron chi connectivity index (χ3n) is 1.97. The van der Waals surface area contributed by atoms with E-state index in [-0.39, 0.29) is 11.6 Å². The number of rotatable bonds is 9. The molecule has 0 bridgehead atoms. The van der Waals surface area contributed by atoms with Crippen molar-refractivity contribution >= 4 is 0 Å². The van der Waals surface area contributed by atoms with Crippen LogP contribution in [0.3, 0.4) is 0 Å². The van der Waals surface area contributed by atoms with Crippen LogP contribution >= 0.6 is 0 Å². The van der Waals surface area contributed by atoms with E-state index in [0.717, 1.165) is 12.8 Å². The summed E-state index contributed by atoms with van der Waals surface area (Å²) in [5, 5.41) is 6.06. The molecule has 0 aromatic carbocycles. The molecule has 0 radical (unpaired) electrons. The van der Waals surface area contributed by atoms with Crippen LogP contribution in [0.2, 0.25) is 0 Å². The van der Waals surface area contributed by atoms with Gasteiger partial charge in [0.05, 0.1) is 6.54 Å². The number of halogens is 3. The summed E-state index contributed by atoms with van der Waals surface area (Å²) in [7, 11) is 0. The van der Waals surface area contributed by atoms with Crippen molar-refractivity contribution in [3.8, 4) is 0 Å². The van der Waals surface area contributed by atoms with Crippen molar-refractivity contribution in [1.29, 1.82) is 0 Å². The summed E-state index contributed by atoms with van der Waals surface area (Å²) < 4.78 is 36.2. The molecule has 96 valence electrons. The van der Waals surface area contributed by atoms with Crippen molar-refractivity contribution in [2.75, 3.05) is 13.1 Å². The van der Waals surface area contributed by atoms with Crippen molar-refractivity contribution in [2.45, 2.75) is 39.7 Å². The van der Waals surface area contributed by atoms with Crippen LogP contribution in [0.25, 0.3) is 0 Å². The number of hydroxylamine groups is 2. The number of hydrogen-bond donors (Lipinski definition) is 1. The molecule has 16 heavy (non-hydrogen) atoms. The van der Waals surface area contributed by atoms with E-state index in [1.165, 1.54) is 0 Å². The maximum absolute atomic E-state index is 12.2. The van der Waals surface area contributed by atoms with Gasteiger partial charge in [0, 0.05) is 12.2 Å². The number of hydrogen-bond acceptors (Lipinski definition) is 3. The summed E-state index contributed by atoms with van der Waals surface area (Å²) >= 11 is 0. The van der Waals surface area contributed by atoms with Crippen molar-refractivity contribution in [1.82, 2.24) is 10.4 Å². The smallest absolute Gasteiger partial charge is 0.318 e. The van der Waals surface area contributed by atoms with Gasteiger partial charge in [0.1, 0.15) is 0 Å². The standard InChI is InChI=1S/C10H19F3N2O/c1-3-5-7-14-9(6-4-2)8-15(16-13)10(11)12/h6,10,14H,3-5,7-8H2,1-2H3/b9-6+. The Kier molecular flexibility index (Phi) is 9.03. The first-order valence-electron chi connectivity index (χ1n) is 5.42. The topological polar surface area (TPSA) is 24.5 Å². The molecule has 0 aromatic rings. The van der Waals surface area contributed by atoms with E-state index >= 15 is 0 Å². The zero-order chi connectivity index (χ0) is 12.4. The molecule has 6 heteroatoms. The highest BCUT2D eigenvalue weighted by Crippen LogP contribution is 2.07. The van der Waals surface area contributed by atoms with Gasteiger partial charge in [0.2, 0.25) is 0 Å². The van der Waals surface area contributed by atoms with Crippen molar-refractivity contribution < 1.29 is 18.3 Å². The summed E-state index contributed by atoms with van der Waals surface area (Å²) in [6.07, 6.45) is 4.37. The summed E-state index contributed by atoms with van der Waals surface area (Å²) in [5.74, 6) is 0. The second-order valence-corrected chi connectivity index (χ2v) is 3.34. The van der Waals surface area contributed by atoms with Crippen molar-refractivity contribution in [2.24, 2.45) is 0 Å². The highest BCUT2D eigenvalue weighted by molar-refractivity contribution is 5.01. The van der Waals surface area contributed by atoms with Crippen molar-refractivity contribution in [3.63, 3.8) is 0 Å². The molecule has 0 amide bonds. The van der Waals surface area contributed by atoms with Crippen LogP contribution in [-0.4, -0.2) is 24.7 Å². The number of nitrogens with zero attached hydrogens (tertiary/aromatic N) is 1. The number of unbranched alkanes of at least 4 members (excludes halogenated alkanes) is 1. The van der Waals surface area contributed by atoms with E-state index in [9.17, 15) is 13.3 Å². The Hall–Kier alpha value is -0.750. The lowest BCUT2D eigenvalue weighted by Gasteiger charge is -2.18. The van der Waals surface area contributed by atoms with Gasteiger partial charge in [-0.3, -0.25) is 0 Å². The monoisotopic (exact) mass is 240 g/mol. The van der Waals surface area contributed by atoms with Crippen LogP contribution in [0, 0.1) is 0 Å². The highest BCUT2D eigenvalue weighted by Gasteiger charge is 2.19. The Labute approximate surface area is 94.1 Å². The Morgan fingerprint density at radius 1 is 1.44 bits per heavy atom. The third kappa shape index (κ3) is 6.68. The molecule has 0 spiro atoms. The lowest BCUT2D eigenvalue weighted by Crippen LogP contribution is -2.33. The Morgan fingerprint density at radius 2 is 2.12 bits per heavy atom. The van der Waals surface area contributed by atoms with Crippen LogP contribution in [-0.2, 0) is 5.04 Å². The summed E-state index contributed by atoms with van der Waals surface area (Å²) in [5.41, 5.74) is 0.550. The van der Waals surface area contributed by atoms with E-state index in [0.29, 0.717) is 18.7 Å². The van der Waals surface area contributed by atoms with Crippen LogP contribution in [0.1, 0.15) is 33.1 Å². The number of nitrogens with one attached hydrogen (secondary N) is 1. The first-order valence-corrected chi connectivity index (χ1v) is 5.42. The molecule has 0 unspecified atom stereocenters. The molecule has 0 fully saturated rings. The number of alkyl halides is 2. The second kappa shape index (κ2) is 9.47. The molecular weight excluding hydrogens is 221 g/mol. The summed E-state index contributed by atoms with van der Waals surface area (Å²) in [6, 6.07) is 0. The molecule has 0 aliphatic carbocycles. The molecule has 0 aromatic heterocycles. The molecule has 1 N–H and O–H groups in total. The minimum Gasteiger partial charge on any atom is -0.387 e. The normalized spacial score (nSPS) is 12.6. The molecule has 3 nitrogen and oxygen atoms in total.